The van der Waals surface area contributed by atoms with E-state index in [1.807, 2.05) is 0 Å². The van der Waals surface area contributed by atoms with Gasteiger partial charge in [0, 0.05) is 12.5 Å². The molecule has 1 saturated heterocycles. The topological polar surface area (TPSA) is 21.3 Å². The van der Waals surface area contributed by atoms with Gasteiger partial charge >= 0.3 is 0 Å². The van der Waals surface area contributed by atoms with Crippen LogP contribution in [0, 0.1) is 5.92 Å². The molecule has 0 bridgehead atoms. The first kappa shape index (κ1) is 12.2. The molecule has 3 rings (SSSR count). The van der Waals surface area contributed by atoms with E-state index in [-0.39, 0.29) is 0 Å². The normalized spacial score (nSPS) is 27.1. The van der Waals surface area contributed by atoms with Gasteiger partial charge in [-0.15, -0.1) is 0 Å². The summed E-state index contributed by atoms with van der Waals surface area (Å²) in [5.41, 5.74) is 3.08. The highest BCUT2D eigenvalue weighted by atomic mass is 16.5. The molecule has 1 fully saturated rings. The summed E-state index contributed by atoms with van der Waals surface area (Å²) in [6, 6.07) is 8.90. The van der Waals surface area contributed by atoms with E-state index in [9.17, 15) is 0 Å². The van der Waals surface area contributed by atoms with Crippen molar-refractivity contribution in [3.05, 3.63) is 35.4 Å². The Morgan fingerprint density at radius 3 is 3.00 bits per heavy atom. The van der Waals surface area contributed by atoms with Crippen molar-refractivity contribution in [2.24, 2.45) is 5.92 Å². The van der Waals surface area contributed by atoms with Crippen LogP contribution in [0.4, 0.5) is 0 Å². The summed E-state index contributed by atoms with van der Waals surface area (Å²) in [5.74, 6) is 1.37. The van der Waals surface area contributed by atoms with Gasteiger partial charge in [0.15, 0.2) is 0 Å². The second kappa shape index (κ2) is 5.85. The molecule has 0 radical (unpaired) electrons. The summed E-state index contributed by atoms with van der Waals surface area (Å²) < 4.78 is 5.97. The van der Waals surface area contributed by atoms with Gasteiger partial charge in [-0.1, -0.05) is 24.3 Å². The Morgan fingerprint density at radius 1 is 1.17 bits per heavy atom. The average Bonchev–Trinajstić information content (AvgIpc) is 2.92. The fourth-order valence-corrected chi connectivity index (χ4v) is 3.26. The Kier molecular flexibility index (Phi) is 3.96. The number of rotatable bonds is 4. The number of hydrogen-bond acceptors (Lipinski definition) is 2. The van der Waals surface area contributed by atoms with E-state index < -0.39 is 0 Å². The maximum absolute atomic E-state index is 5.97. The Labute approximate surface area is 110 Å². The lowest BCUT2D eigenvalue weighted by atomic mass is 9.83. The van der Waals surface area contributed by atoms with Crippen LogP contribution in [0.2, 0.25) is 0 Å². The summed E-state index contributed by atoms with van der Waals surface area (Å²) in [6.07, 6.45) is 5.14. The van der Waals surface area contributed by atoms with Gasteiger partial charge in [-0.25, -0.2) is 0 Å². The molecule has 2 unspecified atom stereocenters. The van der Waals surface area contributed by atoms with Crippen molar-refractivity contribution >= 4 is 0 Å². The van der Waals surface area contributed by atoms with Crippen molar-refractivity contribution in [3.63, 3.8) is 0 Å². The van der Waals surface area contributed by atoms with Crippen molar-refractivity contribution < 1.29 is 4.74 Å². The van der Waals surface area contributed by atoms with Crippen LogP contribution >= 0.6 is 0 Å². The van der Waals surface area contributed by atoms with Crippen molar-refractivity contribution in [3.8, 4) is 0 Å². The highest BCUT2D eigenvalue weighted by Crippen LogP contribution is 2.31. The lowest BCUT2D eigenvalue weighted by Crippen LogP contribution is -2.19. The third-order valence-corrected chi connectivity index (χ3v) is 4.33. The van der Waals surface area contributed by atoms with Crippen LogP contribution in [0.15, 0.2) is 24.3 Å². The molecule has 1 heterocycles. The van der Waals surface area contributed by atoms with Crippen LogP contribution in [0.25, 0.3) is 0 Å². The number of hydrogen-bond donors (Lipinski definition) is 1. The minimum Gasteiger partial charge on any atom is -0.380 e. The van der Waals surface area contributed by atoms with Crippen molar-refractivity contribution in [1.82, 2.24) is 5.32 Å². The molecule has 1 aliphatic carbocycles. The Morgan fingerprint density at radius 2 is 2.11 bits per heavy atom. The van der Waals surface area contributed by atoms with Gasteiger partial charge < -0.3 is 10.1 Å². The van der Waals surface area contributed by atoms with Gasteiger partial charge in [0.25, 0.3) is 0 Å². The number of fused-ring (bicyclic) bond motifs is 1. The fourth-order valence-electron chi connectivity index (χ4n) is 3.26. The van der Waals surface area contributed by atoms with Gasteiger partial charge in [-0.05, 0) is 49.3 Å². The number of aryl methyl sites for hydroxylation is 1. The van der Waals surface area contributed by atoms with Crippen molar-refractivity contribution in [1.29, 1.82) is 0 Å². The molecule has 2 atom stereocenters. The highest BCUT2D eigenvalue weighted by Gasteiger charge is 2.21. The first-order valence-corrected chi connectivity index (χ1v) is 7.30. The minimum absolute atomic E-state index is 0.629. The zero-order valence-electron chi connectivity index (χ0n) is 11.0. The molecular formula is C16H23NO. The van der Waals surface area contributed by atoms with E-state index in [4.69, 9.17) is 4.74 Å². The summed E-state index contributed by atoms with van der Waals surface area (Å²) in [4.78, 5) is 0. The SMILES string of the molecule is c1ccc2c(c1)CCCC2COCC1CCNC1. The van der Waals surface area contributed by atoms with Crippen LogP contribution in [-0.2, 0) is 11.2 Å². The summed E-state index contributed by atoms with van der Waals surface area (Å²) in [6.45, 7) is 4.15. The van der Waals surface area contributed by atoms with Gasteiger partial charge in [0.1, 0.15) is 0 Å². The third kappa shape index (κ3) is 2.76. The summed E-state index contributed by atoms with van der Waals surface area (Å²) in [5, 5.41) is 3.40. The molecule has 1 aliphatic heterocycles. The van der Waals surface area contributed by atoms with E-state index in [1.54, 1.807) is 5.56 Å². The van der Waals surface area contributed by atoms with Gasteiger partial charge in [0.05, 0.1) is 13.2 Å². The van der Waals surface area contributed by atoms with E-state index in [0.29, 0.717) is 5.92 Å². The average molecular weight is 245 g/mol. The predicted molar refractivity (Wildman–Crippen MR) is 73.9 cm³/mol. The van der Waals surface area contributed by atoms with Crippen molar-refractivity contribution in [2.75, 3.05) is 26.3 Å². The smallest absolute Gasteiger partial charge is 0.0534 e. The summed E-state index contributed by atoms with van der Waals surface area (Å²) >= 11 is 0. The molecular weight excluding hydrogens is 222 g/mol. The molecule has 1 aromatic carbocycles. The minimum atomic E-state index is 0.629. The molecule has 2 nitrogen and oxygen atoms in total. The van der Waals surface area contributed by atoms with E-state index in [1.165, 1.54) is 37.8 Å². The first-order chi connectivity index (χ1) is 8.93. The largest absolute Gasteiger partial charge is 0.380 e. The van der Waals surface area contributed by atoms with Crippen molar-refractivity contribution in [2.45, 2.75) is 31.6 Å². The zero-order valence-corrected chi connectivity index (χ0v) is 11.0. The van der Waals surface area contributed by atoms with E-state index in [0.717, 1.165) is 25.7 Å². The Bertz CT molecular complexity index is 384. The van der Waals surface area contributed by atoms with Gasteiger partial charge in [-0.2, -0.15) is 0 Å². The molecule has 1 N–H and O–H groups in total. The van der Waals surface area contributed by atoms with E-state index in [2.05, 4.69) is 29.6 Å². The standard InChI is InChI=1S/C16H23NO/c1-2-7-16-14(4-1)5-3-6-15(16)12-18-11-13-8-9-17-10-13/h1-2,4,7,13,15,17H,3,5-6,8-12H2. The van der Waals surface area contributed by atoms with Gasteiger partial charge in [-0.3, -0.25) is 0 Å². The lowest BCUT2D eigenvalue weighted by Gasteiger charge is -2.25. The monoisotopic (exact) mass is 245 g/mol. The maximum atomic E-state index is 5.97. The number of nitrogens with one attached hydrogen (secondary N) is 1. The third-order valence-electron chi connectivity index (χ3n) is 4.33. The van der Waals surface area contributed by atoms with Crippen LogP contribution in [0.1, 0.15) is 36.3 Å². The molecule has 0 spiro atoms. The molecule has 2 aliphatic rings. The molecule has 0 saturated carbocycles. The van der Waals surface area contributed by atoms with Crippen LogP contribution in [-0.4, -0.2) is 26.3 Å². The Hall–Kier alpha value is -0.860. The first-order valence-electron chi connectivity index (χ1n) is 7.30. The second-order valence-electron chi connectivity index (χ2n) is 5.68. The fraction of sp³-hybridized carbons (Fsp3) is 0.625. The molecule has 0 amide bonds. The van der Waals surface area contributed by atoms with Crippen LogP contribution < -0.4 is 5.32 Å². The molecule has 2 heteroatoms. The predicted octanol–water partition coefficient (Wildman–Crippen LogP) is 2.73. The highest BCUT2D eigenvalue weighted by molar-refractivity contribution is 5.32. The maximum Gasteiger partial charge on any atom is 0.0534 e. The van der Waals surface area contributed by atoms with Crippen LogP contribution in [0.5, 0.6) is 0 Å². The zero-order chi connectivity index (χ0) is 12.2. The molecule has 0 aromatic heterocycles. The number of benzene rings is 1. The van der Waals surface area contributed by atoms with Crippen LogP contribution in [0.3, 0.4) is 0 Å². The molecule has 98 valence electrons. The Balaban J connectivity index is 1.54. The quantitative estimate of drug-likeness (QED) is 0.880. The van der Waals surface area contributed by atoms with Gasteiger partial charge in [0.2, 0.25) is 0 Å². The summed E-state index contributed by atoms with van der Waals surface area (Å²) in [7, 11) is 0. The molecule has 1 aromatic rings. The number of ether oxygens (including phenoxy) is 1. The second-order valence-corrected chi connectivity index (χ2v) is 5.68. The molecule has 18 heavy (non-hydrogen) atoms. The van der Waals surface area contributed by atoms with E-state index >= 15 is 0 Å². The lowest BCUT2D eigenvalue weighted by molar-refractivity contribution is 0.0894.